The van der Waals surface area contributed by atoms with Crippen LogP contribution >= 0.6 is 0 Å². The van der Waals surface area contributed by atoms with Gasteiger partial charge in [-0.2, -0.15) is 0 Å². The maximum atomic E-state index is 11.8. The Labute approximate surface area is 104 Å². The molecule has 0 atom stereocenters. The molecule has 0 radical (unpaired) electrons. The van der Waals surface area contributed by atoms with Gasteiger partial charge < -0.3 is 16.0 Å². The van der Waals surface area contributed by atoms with Crippen molar-refractivity contribution in [2.75, 3.05) is 7.05 Å². The van der Waals surface area contributed by atoms with E-state index in [4.69, 9.17) is 0 Å². The van der Waals surface area contributed by atoms with Gasteiger partial charge in [-0.05, 0) is 45.6 Å². The van der Waals surface area contributed by atoms with Crippen LogP contribution in [0, 0.1) is 0 Å². The van der Waals surface area contributed by atoms with Gasteiger partial charge >= 0.3 is 6.03 Å². The minimum absolute atomic E-state index is 0.0461. The molecule has 0 aromatic carbocycles. The molecule has 4 nitrogen and oxygen atoms in total. The highest BCUT2D eigenvalue weighted by atomic mass is 16.2. The number of nitrogens with one attached hydrogen (secondary N) is 3. The Balaban J connectivity index is 1.65. The largest absolute Gasteiger partial charge is 0.335 e. The van der Waals surface area contributed by atoms with Gasteiger partial charge in [0.2, 0.25) is 0 Å². The van der Waals surface area contributed by atoms with E-state index in [9.17, 15) is 4.79 Å². The maximum absolute atomic E-state index is 11.8. The van der Waals surface area contributed by atoms with Crippen molar-refractivity contribution in [3.05, 3.63) is 0 Å². The smallest absolute Gasteiger partial charge is 0.315 e. The van der Waals surface area contributed by atoms with E-state index in [1.165, 1.54) is 25.7 Å². The summed E-state index contributed by atoms with van der Waals surface area (Å²) in [5.41, 5.74) is 0. The summed E-state index contributed by atoms with van der Waals surface area (Å²) in [6.45, 7) is 0. The molecule has 4 heteroatoms. The monoisotopic (exact) mass is 239 g/mol. The van der Waals surface area contributed by atoms with Crippen molar-refractivity contribution in [2.24, 2.45) is 0 Å². The van der Waals surface area contributed by atoms with E-state index in [-0.39, 0.29) is 6.03 Å². The van der Waals surface area contributed by atoms with Crippen LogP contribution in [0.4, 0.5) is 4.79 Å². The van der Waals surface area contributed by atoms with Gasteiger partial charge in [-0.1, -0.05) is 12.8 Å². The first-order chi connectivity index (χ1) is 8.28. The van der Waals surface area contributed by atoms with E-state index in [2.05, 4.69) is 16.0 Å². The predicted octanol–water partition coefficient (Wildman–Crippen LogP) is 1.76. The topological polar surface area (TPSA) is 53.2 Å². The SMILES string of the molecule is CNC1CCC(NC(=O)NC2CCCC2)CC1. The van der Waals surface area contributed by atoms with Crippen molar-refractivity contribution < 1.29 is 4.79 Å². The van der Waals surface area contributed by atoms with Crippen LogP contribution in [0.2, 0.25) is 0 Å². The standard InChI is InChI=1S/C13H25N3O/c1-14-10-6-8-12(9-7-10)16-13(17)15-11-4-2-3-5-11/h10-12,14H,2-9H2,1H3,(H2,15,16,17). The van der Waals surface area contributed by atoms with E-state index in [0.717, 1.165) is 25.7 Å². The fourth-order valence-corrected chi connectivity index (χ4v) is 3.01. The quantitative estimate of drug-likeness (QED) is 0.703. The van der Waals surface area contributed by atoms with Crippen LogP contribution < -0.4 is 16.0 Å². The van der Waals surface area contributed by atoms with E-state index >= 15 is 0 Å². The molecule has 98 valence electrons. The summed E-state index contributed by atoms with van der Waals surface area (Å²) in [5.74, 6) is 0. The first kappa shape index (κ1) is 12.7. The zero-order valence-corrected chi connectivity index (χ0v) is 10.8. The van der Waals surface area contributed by atoms with E-state index in [0.29, 0.717) is 18.1 Å². The predicted molar refractivity (Wildman–Crippen MR) is 69.0 cm³/mol. The molecule has 0 heterocycles. The molecule has 3 N–H and O–H groups in total. The number of rotatable bonds is 3. The summed E-state index contributed by atoms with van der Waals surface area (Å²) >= 11 is 0. The summed E-state index contributed by atoms with van der Waals surface area (Å²) in [6.07, 6.45) is 9.37. The molecule has 2 amide bonds. The molecule has 0 aromatic rings. The Morgan fingerprint density at radius 3 is 1.82 bits per heavy atom. The first-order valence-corrected chi connectivity index (χ1v) is 7.02. The molecular formula is C13H25N3O. The van der Waals surface area contributed by atoms with E-state index in [1.54, 1.807) is 0 Å². The highest BCUT2D eigenvalue weighted by molar-refractivity contribution is 5.74. The van der Waals surface area contributed by atoms with Gasteiger partial charge in [-0.3, -0.25) is 0 Å². The van der Waals surface area contributed by atoms with Crippen LogP contribution in [-0.4, -0.2) is 31.2 Å². The summed E-state index contributed by atoms with van der Waals surface area (Å²) in [6, 6.07) is 1.49. The Morgan fingerprint density at radius 1 is 0.824 bits per heavy atom. The van der Waals surface area contributed by atoms with Crippen LogP contribution in [0.25, 0.3) is 0 Å². The highest BCUT2D eigenvalue weighted by Gasteiger charge is 2.23. The van der Waals surface area contributed by atoms with Crippen molar-refractivity contribution in [2.45, 2.75) is 69.5 Å². The van der Waals surface area contributed by atoms with Gasteiger partial charge in [0, 0.05) is 18.1 Å². The molecule has 2 aliphatic rings. The molecular weight excluding hydrogens is 214 g/mol. The second-order valence-electron chi connectivity index (χ2n) is 5.44. The van der Waals surface area contributed by atoms with Gasteiger partial charge in [-0.25, -0.2) is 4.79 Å². The first-order valence-electron chi connectivity index (χ1n) is 7.02. The Kier molecular flexibility index (Phi) is 4.66. The van der Waals surface area contributed by atoms with Crippen molar-refractivity contribution in [3.8, 4) is 0 Å². The van der Waals surface area contributed by atoms with Crippen molar-refractivity contribution in [1.82, 2.24) is 16.0 Å². The minimum atomic E-state index is 0.0461. The molecule has 0 aromatic heterocycles. The normalized spacial score (nSPS) is 30.2. The fraction of sp³-hybridized carbons (Fsp3) is 0.923. The summed E-state index contributed by atoms with van der Waals surface area (Å²) < 4.78 is 0. The average molecular weight is 239 g/mol. The Hall–Kier alpha value is -0.770. The molecule has 2 saturated carbocycles. The maximum Gasteiger partial charge on any atom is 0.315 e. The second-order valence-corrected chi connectivity index (χ2v) is 5.44. The third-order valence-electron chi connectivity index (χ3n) is 4.16. The van der Waals surface area contributed by atoms with Crippen molar-refractivity contribution in [1.29, 1.82) is 0 Å². The number of carbonyl (C=O) groups is 1. The minimum Gasteiger partial charge on any atom is -0.335 e. The van der Waals surface area contributed by atoms with Crippen LogP contribution in [0.3, 0.4) is 0 Å². The number of hydrogen-bond acceptors (Lipinski definition) is 2. The van der Waals surface area contributed by atoms with Crippen LogP contribution in [-0.2, 0) is 0 Å². The lowest BCUT2D eigenvalue weighted by molar-refractivity contribution is 0.226. The molecule has 0 spiro atoms. The molecule has 0 saturated heterocycles. The third kappa shape index (κ3) is 3.87. The number of hydrogen-bond donors (Lipinski definition) is 3. The number of urea groups is 1. The lowest BCUT2D eigenvalue weighted by atomic mass is 9.91. The number of amides is 2. The Morgan fingerprint density at radius 2 is 1.29 bits per heavy atom. The van der Waals surface area contributed by atoms with Gasteiger partial charge in [0.25, 0.3) is 0 Å². The number of carbonyl (C=O) groups excluding carboxylic acids is 1. The molecule has 17 heavy (non-hydrogen) atoms. The van der Waals surface area contributed by atoms with Crippen molar-refractivity contribution >= 4 is 6.03 Å². The van der Waals surface area contributed by atoms with Gasteiger partial charge in [0.1, 0.15) is 0 Å². The lowest BCUT2D eigenvalue weighted by Crippen LogP contribution is -2.47. The molecule has 0 unspecified atom stereocenters. The lowest BCUT2D eigenvalue weighted by Gasteiger charge is -2.29. The van der Waals surface area contributed by atoms with Crippen LogP contribution in [0.5, 0.6) is 0 Å². The summed E-state index contributed by atoms with van der Waals surface area (Å²) in [7, 11) is 2.02. The molecule has 2 aliphatic carbocycles. The zero-order chi connectivity index (χ0) is 12.1. The Bertz CT molecular complexity index is 243. The zero-order valence-electron chi connectivity index (χ0n) is 10.8. The highest BCUT2D eigenvalue weighted by Crippen LogP contribution is 2.19. The van der Waals surface area contributed by atoms with Gasteiger partial charge in [-0.15, -0.1) is 0 Å². The van der Waals surface area contributed by atoms with E-state index < -0.39 is 0 Å². The molecule has 2 fully saturated rings. The molecule has 0 bridgehead atoms. The van der Waals surface area contributed by atoms with Crippen LogP contribution in [0.1, 0.15) is 51.4 Å². The average Bonchev–Trinajstić information content (AvgIpc) is 2.82. The summed E-state index contributed by atoms with van der Waals surface area (Å²) in [5, 5.41) is 9.51. The van der Waals surface area contributed by atoms with Gasteiger partial charge in [0.05, 0.1) is 0 Å². The molecule has 0 aliphatic heterocycles. The van der Waals surface area contributed by atoms with E-state index in [1.807, 2.05) is 7.05 Å². The van der Waals surface area contributed by atoms with Crippen molar-refractivity contribution in [3.63, 3.8) is 0 Å². The second kappa shape index (κ2) is 6.24. The van der Waals surface area contributed by atoms with Gasteiger partial charge in [0.15, 0.2) is 0 Å². The third-order valence-corrected chi connectivity index (χ3v) is 4.16. The van der Waals surface area contributed by atoms with Crippen LogP contribution in [0.15, 0.2) is 0 Å². The fourth-order valence-electron chi connectivity index (χ4n) is 3.01. The molecule has 2 rings (SSSR count). The summed E-state index contributed by atoms with van der Waals surface area (Å²) in [4.78, 5) is 11.8.